The Balaban J connectivity index is 1.72. The van der Waals surface area contributed by atoms with Crippen molar-refractivity contribution < 1.29 is 19.4 Å². The maximum Gasteiger partial charge on any atom is 0.335 e. The molecule has 1 atom stereocenters. The van der Waals surface area contributed by atoms with Crippen molar-refractivity contribution in [3.05, 3.63) is 94.5 Å². The van der Waals surface area contributed by atoms with Crippen molar-refractivity contribution in [2.75, 3.05) is 12.4 Å². The molecule has 196 valence electrons. The number of carboxylic acid groups (broad SMARTS) is 1. The molecule has 2 N–H and O–H groups in total. The summed E-state index contributed by atoms with van der Waals surface area (Å²) < 4.78 is 5.27. The maximum absolute atomic E-state index is 13.1. The minimum absolute atomic E-state index is 0.00151. The molecule has 0 aliphatic carbocycles. The molecule has 1 aromatic heterocycles. The Morgan fingerprint density at radius 1 is 1.05 bits per heavy atom. The summed E-state index contributed by atoms with van der Waals surface area (Å²) in [7, 11) is 1.59. The molecule has 0 saturated carbocycles. The zero-order valence-corrected chi connectivity index (χ0v) is 22.9. The number of amides is 1. The average Bonchev–Trinajstić information content (AvgIpc) is 2.94. The number of nitrogens with zero attached hydrogens (tertiary/aromatic N) is 2. The number of carbonyl (C=O) groups is 2. The van der Waals surface area contributed by atoms with Crippen molar-refractivity contribution in [3.63, 3.8) is 0 Å². The number of ether oxygens (including phenoxy) is 1. The third-order valence-electron chi connectivity index (χ3n) is 5.98. The Hall–Kier alpha value is -4.32. The number of halogens is 1. The topological polar surface area (TPSA) is 112 Å². The maximum atomic E-state index is 13.1. The molecule has 3 aromatic carbocycles. The van der Waals surface area contributed by atoms with Gasteiger partial charge in [0, 0.05) is 11.1 Å². The number of hydrogen-bond donors (Lipinski definition) is 2. The summed E-state index contributed by atoms with van der Waals surface area (Å²) in [5.41, 5.74) is 4.65. The number of thioether (sulfide) groups is 1. The van der Waals surface area contributed by atoms with Crippen LogP contribution in [-0.2, 0) is 4.79 Å². The summed E-state index contributed by atoms with van der Waals surface area (Å²) in [5.74, 6) is -0.843. The molecule has 1 heterocycles. The van der Waals surface area contributed by atoms with Gasteiger partial charge in [0.1, 0.15) is 16.8 Å². The van der Waals surface area contributed by atoms with Crippen molar-refractivity contribution in [2.24, 2.45) is 0 Å². The first-order valence-electron chi connectivity index (χ1n) is 11.9. The van der Waals surface area contributed by atoms with Gasteiger partial charge >= 0.3 is 5.97 Å². The molecule has 1 amide bonds. The number of carbonyl (C=O) groups excluding carboxylic acids is 1. The number of hydrogen-bond acceptors (Lipinski definition) is 6. The lowest BCUT2D eigenvalue weighted by Crippen LogP contribution is -2.23. The van der Waals surface area contributed by atoms with Crippen LogP contribution in [0.1, 0.15) is 28.4 Å². The van der Waals surface area contributed by atoms with Gasteiger partial charge in [-0.25, -0.2) is 9.78 Å². The van der Waals surface area contributed by atoms with E-state index in [0.29, 0.717) is 27.6 Å². The van der Waals surface area contributed by atoms with Crippen molar-refractivity contribution in [1.29, 1.82) is 5.26 Å². The van der Waals surface area contributed by atoms with Crippen LogP contribution >= 0.6 is 23.4 Å². The van der Waals surface area contributed by atoms with E-state index in [9.17, 15) is 20.0 Å². The van der Waals surface area contributed by atoms with Crippen LogP contribution < -0.4 is 10.1 Å². The van der Waals surface area contributed by atoms with Crippen molar-refractivity contribution >= 4 is 40.9 Å². The fourth-order valence-electron chi connectivity index (χ4n) is 3.79. The molecule has 0 bridgehead atoms. The van der Waals surface area contributed by atoms with Gasteiger partial charge in [-0.3, -0.25) is 4.79 Å². The Morgan fingerprint density at radius 3 is 2.33 bits per heavy atom. The van der Waals surface area contributed by atoms with Crippen LogP contribution in [-0.4, -0.2) is 34.3 Å². The van der Waals surface area contributed by atoms with Gasteiger partial charge in [0.15, 0.2) is 0 Å². The lowest BCUT2D eigenvalue weighted by molar-refractivity contribution is -0.115. The van der Waals surface area contributed by atoms with E-state index in [1.54, 1.807) is 14.0 Å². The highest BCUT2D eigenvalue weighted by molar-refractivity contribution is 8.00. The Morgan fingerprint density at radius 2 is 1.72 bits per heavy atom. The molecule has 0 aliphatic heterocycles. The molecule has 0 aliphatic rings. The first kappa shape index (κ1) is 27.7. The van der Waals surface area contributed by atoms with Crippen LogP contribution in [0.3, 0.4) is 0 Å². The van der Waals surface area contributed by atoms with Crippen LogP contribution in [0.4, 0.5) is 5.69 Å². The van der Waals surface area contributed by atoms with Crippen molar-refractivity contribution in [3.8, 4) is 34.2 Å². The smallest absolute Gasteiger partial charge is 0.335 e. The number of aromatic nitrogens is 1. The largest absolute Gasteiger partial charge is 0.497 e. The zero-order chi connectivity index (χ0) is 28.1. The van der Waals surface area contributed by atoms with Crippen molar-refractivity contribution in [2.45, 2.75) is 24.1 Å². The second-order valence-electron chi connectivity index (χ2n) is 8.69. The highest BCUT2D eigenvalue weighted by Gasteiger charge is 2.22. The van der Waals surface area contributed by atoms with E-state index in [0.717, 1.165) is 28.5 Å². The van der Waals surface area contributed by atoms with E-state index < -0.39 is 17.1 Å². The molecule has 39 heavy (non-hydrogen) atoms. The number of anilines is 1. The number of rotatable bonds is 8. The first-order chi connectivity index (χ1) is 18.7. The monoisotopic (exact) mass is 557 g/mol. The van der Waals surface area contributed by atoms with E-state index in [-0.39, 0.29) is 16.3 Å². The molecular formula is C30H24ClN3O4S. The predicted molar refractivity (Wildman–Crippen MR) is 153 cm³/mol. The van der Waals surface area contributed by atoms with E-state index in [4.69, 9.17) is 21.3 Å². The third-order valence-corrected chi connectivity index (χ3v) is 7.39. The summed E-state index contributed by atoms with van der Waals surface area (Å²) in [6.45, 7) is 3.67. The molecule has 0 spiro atoms. The van der Waals surface area contributed by atoms with E-state index in [2.05, 4.69) is 11.4 Å². The molecule has 7 nitrogen and oxygen atoms in total. The normalized spacial score (nSPS) is 11.4. The SMILES string of the molecule is COc1ccc(-c2cc(-c3ccc(C)cc3)c(C#N)c(SC(C)C(=O)Nc3cc(C(=O)O)ccc3Cl)n2)cc1. The fourth-order valence-corrected chi connectivity index (χ4v) is 4.89. The van der Waals surface area contributed by atoms with Gasteiger partial charge in [-0.2, -0.15) is 5.26 Å². The molecule has 4 aromatic rings. The van der Waals surface area contributed by atoms with Gasteiger partial charge in [-0.15, -0.1) is 0 Å². The summed E-state index contributed by atoms with van der Waals surface area (Å²) in [4.78, 5) is 29.2. The lowest BCUT2D eigenvalue weighted by atomic mass is 9.98. The number of benzene rings is 3. The van der Waals surface area contributed by atoms with Gasteiger partial charge in [0.05, 0.1) is 39.9 Å². The number of aromatic carboxylic acids is 1. The summed E-state index contributed by atoms with van der Waals surface area (Å²) in [6.07, 6.45) is 0. The minimum Gasteiger partial charge on any atom is -0.497 e. The molecular weight excluding hydrogens is 534 g/mol. The number of nitriles is 1. The molecule has 0 radical (unpaired) electrons. The van der Waals surface area contributed by atoms with Crippen LogP contribution in [0, 0.1) is 18.3 Å². The number of aryl methyl sites for hydroxylation is 1. The van der Waals surface area contributed by atoms with Crippen LogP contribution in [0.25, 0.3) is 22.4 Å². The molecule has 0 saturated heterocycles. The number of nitrogens with one attached hydrogen (secondary N) is 1. The zero-order valence-electron chi connectivity index (χ0n) is 21.4. The van der Waals surface area contributed by atoms with Gasteiger partial charge < -0.3 is 15.2 Å². The number of pyridine rings is 1. The van der Waals surface area contributed by atoms with Gasteiger partial charge in [0.25, 0.3) is 0 Å². The molecule has 9 heteroatoms. The summed E-state index contributed by atoms with van der Waals surface area (Å²) in [5, 5.41) is 22.0. The Labute approximate surface area is 235 Å². The van der Waals surface area contributed by atoms with Crippen molar-refractivity contribution in [1.82, 2.24) is 4.98 Å². The Kier molecular flexibility index (Phi) is 8.55. The van der Waals surface area contributed by atoms with Crippen LogP contribution in [0.5, 0.6) is 5.75 Å². The van der Waals surface area contributed by atoms with Crippen LogP contribution in [0.2, 0.25) is 5.02 Å². The highest BCUT2D eigenvalue weighted by Crippen LogP contribution is 2.36. The second-order valence-corrected chi connectivity index (χ2v) is 10.4. The summed E-state index contributed by atoms with van der Waals surface area (Å²) in [6, 6.07) is 23.5. The lowest BCUT2D eigenvalue weighted by Gasteiger charge is -2.16. The fraction of sp³-hybridized carbons (Fsp3) is 0.133. The third kappa shape index (κ3) is 6.40. The van der Waals surface area contributed by atoms with Gasteiger partial charge in [0.2, 0.25) is 5.91 Å². The second kappa shape index (κ2) is 12.0. The molecule has 1 unspecified atom stereocenters. The average molecular weight is 558 g/mol. The van der Waals surface area contributed by atoms with E-state index in [1.807, 2.05) is 61.5 Å². The quantitative estimate of drug-likeness (QED) is 0.223. The highest BCUT2D eigenvalue weighted by atomic mass is 35.5. The first-order valence-corrected chi connectivity index (χ1v) is 13.1. The Bertz CT molecular complexity index is 1580. The van der Waals surface area contributed by atoms with E-state index >= 15 is 0 Å². The molecule has 4 rings (SSSR count). The standard InChI is InChI=1S/C30H24ClN3O4S/c1-17-4-6-19(7-5-17)23-15-26(20-8-11-22(38-3)12-9-20)34-29(24(23)16-32)39-18(2)28(35)33-27-14-21(30(36)37)10-13-25(27)31/h4-15,18H,1-3H3,(H,33,35)(H,36,37). The molecule has 0 fully saturated rings. The van der Waals surface area contributed by atoms with E-state index in [1.165, 1.54) is 18.2 Å². The number of carboxylic acids is 1. The minimum atomic E-state index is -1.13. The van der Waals surface area contributed by atoms with Crippen LogP contribution in [0.15, 0.2) is 77.8 Å². The number of methoxy groups -OCH3 is 1. The van der Waals surface area contributed by atoms with Gasteiger partial charge in [-0.05, 0) is 67.9 Å². The van der Waals surface area contributed by atoms with Gasteiger partial charge in [-0.1, -0.05) is 53.2 Å². The predicted octanol–water partition coefficient (Wildman–Crippen LogP) is 7.08. The summed E-state index contributed by atoms with van der Waals surface area (Å²) >= 11 is 7.33.